The number of benzene rings is 2. The van der Waals surface area contributed by atoms with E-state index in [9.17, 15) is 4.79 Å². The first kappa shape index (κ1) is 19.4. The Balaban J connectivity index is 1.48. The molecule has 0 unspecified atom stereocenters. The lowest BCUT2D eigenvalue weighted by Crippen LogP contribution is -2.35. The van der Waals surface area contributed by atoms with Crippen LogP contribution in [0.15, 0.2) is 48.5 Å². The summed E-state index contributed by atoms with van der Waals surface area (Å²) in [7, 11) is 0. The first-order valence-electron chi connectivity index (χ1n) is 9.53. The first-order chi connectivity index (χ1) is 13.1. The number of amides is 1. The maximum Gasteiger partial charge on any atom is 0.251 e. The molecule has 0 saturated carbocycles. The van der Waals surface area contributed by atoms with E-state index in [4.69, 9.17) is 9.47 Å². The summed E-state index contributed by atoms with van der Waals surface area (Å²) in [5.41, 5.74) is 2.94. The average Bonchev–Trinajstić information content (AvgIpc) is 2.68. The van der Waals surface area contributed by atoms with Gasteiger partial charge < -0.3 is 14.8 Å². The van der Waals surface area contributed by atoms with E-state index in [0.717, 1.165) is 44.2 Å². The molecule has 0 aliphatic carbocycles. The molecule has 27 heavy (non-hydrogen) atoms. The molecule has 1 aliphatic heterocycles. The maximum atomic E-state index is 12.4. The highest BCUT2D eigenvalue weighted by Gasteiger charge is 2.11. The number of carbonyl (C=O) groups is 1. The van der Waals surface area contributed by atoms with Gasteiger partial charge >= 0.3 is 0 Å². The van der Waals surface area contributed by atoms with E-state index in [1.54, 1.807) is 0 Å². The van der Waals surface area contributed by atoms with Crippen LogP contribution in [0.2, 0.25) is 0 Å². The SMILES string of the molecule is CC(C)Oc1ccc(CNC(=O)c2ccc(CN3CCOCC3)cc2)cc1. The van der Waals surface area contributed by atoms with E-state index in [2.05, 4.69) is 10.2 Å². The highest BCUT2D eigenvalue weighted by atomic mass is 16.5. The summed E-state index contributed by atoms with van der Waals surface area (Å²) < 4.78 is 11.0. The molecule has 1 N–H and O–H groups in total. The number of morpholine rings is 1. The molecule has 2 aromatic rings. The monoisotopic (exact) mass is 368 g/mol. The molecule has 0 atom stereocenters. The van der Waals surface area contributed by atoms with E-state index < -0.39 is 0 Å². The minimum Gasteiger partial charge on any atom is -0.491 e. The third-order valence-corrected chi connectivity index (χ3v) is 4.47. The van der Waals surface area contributed by atoms with Crippen LogP contribution >= 0.6 is 0 Å². The van der Waals surface area contributed by atoms with Crippen molar-refractivity contribution in [1.29, 1.82) is 0 Å². The van der Waals surface area contributed by atoms with Crippen LogP contribution < -0.4 is 10.1 Å². The van der Waals surface area contributed by atoms with Crippen LogP contribution in [-0.4, -0.2) is 43.2 Å². The average molecular weight is 368 g/mol. The normalized spacial score (nSPS) is 14.9. The van der Waals surface area contributed by atoms with Crippen molar-refractivity contribution in [2.45, 2.75) is 33.0 Å². The van der Waals surface area contributed by atoms with Gasteiger partial charge in [-0.1, -0.05) is 24.3 Å². The Morgan fingerprint density at radius 3 is 2.30 bits per heavy atom. The molecule has 1 saturated heterocycles. The van der Waals surface area contributed by atoms with Crippen molar-refractivity contribution in [3.05, 3.63) is 65.2 Å². The van der Waals surface area contributed by atoms with Crippen molar-refractivity contribution < 1.29 is 14.3 Å². The molecular formula is C22H28N2O3. The highest BCUT2D eigenvalue weighted by molar-refractivity contribution is 5.94. The van der Waals surface area contributed by atoms with E-state index in [1.807, 2.05) is 62.4 Å². The van der Waals surface area contributed by atoms with E-state index in [0.29, 0.717) is 12.1 Å². The van der Waals surface area contributed by atoms with Gasteiger partial charge in [0, 0.05) is 31.7 Å². The minimum atomic E-state index is -0.0598. The zero-order chi connectivity index (χ0) is 19.1. The van der Waals surface area contributed by atoms with Crippen molar-refractivity contribution >= 4 is 5.91 Å². The zero-order valence-electron chi connectivity index (χ0n) is 16.1. The molecule has 144 valence electrons. The van der Waals surface area contributed by atoms with Gasteiger partial charge in [0.2, 0.25) is 0 Å². The third kappa shape index (κ3) is 6.08. The maximum absolute atomic E-state index is 12.4. The van der Waals surface area contributed by atoms with Gasteiger partial charge in [0.05, 0.1) is 19.3 Å². The van der Waals surface area contributed by atoms with Crippen LogP contribution in [0.5, 0.6) is 5.75 Å². The summed E-state index contributed by atoms with van der Waals surface area (Å²) in [6, 6.07) is 15.7. The topological polar surface area (TPSA) is 50.8 Å². The fraction of sp³-hybridized carbons (Fsp3) is 0.409. The molecule has 0 spiro atoms. The number of rotatable bonds is 7. The standard InChI is InChI=1S/C22H28N2O3/c1-17(2)27-21-9-5-18(6-10-21)15-23-22(25)20-7-3-19(4-8-20)16-24-11-13-26-14-12-24/h3-10,17H,11-16H2,1-2H3,(H,23,25). The van der Waals surface area contributed by atoms with Crippen molar-refractivity contribution in [3.63, 3.8) is 0 Å². The summed E-state index contributed by atoms with van der Waals surface area (Å²) in [6.45, 7) is 8.91. The molecular weight excluding hydrogens is 340 g/mol. The number of hydrogen-bond donors (Lipinski definition) is 1. The second kappa shape index (κ2) is 9.53. The fourth-order valence-corrected chi connectivity index (χ4v) is 3.02. The number of nitrogens with zero attached hydrogens (tertiary/aromatic N) is 1. The quantitative estimate of drug-likeness (QED) is 0.815. The van der Waals surface area contributed by atoms with Gasteiger partial charge in [-0.25, -0.2) is 0 Å². The van der Waals surface area contributed by atoms with E-state index in [-0.39, 0.29) is 12.0 Å². The lowest BCUT2D eigenvalue weighted by atomic mass is 10.1. The van der Waals surface area contributed by atoms with Crippen molar-refractivity contribution in [2.24, 2.45) is 0 Å². The number of carbonyl (C=O) groups excluding carboxylic acids is 1. The van der Waals surface area contributed by atoms with Crippen molar-refractivity contribution in [1.82, 2.24) is 10.2 Å². The summed E-state index contributed by atoms with van der Waals surface area (Å²) in [5.74, 6) is 0.784. The smallest absolute Gasteiger partial charge is 0.251 e. The molecule has 3 rings (SSSR count). The molecule has 0 radical (unpaired) electrons. The molecule has 5 heteroatoms. The van der Waals surface area contributed by atoms with Gasteiger partial charge in [-0.05, 0) is 49.2 Å². The molecule has 0 bridgehead atoms. The van der Waals surface area contributed by atoms with Crippen LogP contribution in [0.4, 0.5) is 0 Å². The Morgan fingerprint density at radius 1 is 1.04 bits per heavy atom. The van der Waals surface area contributed by atoms with Crippen LogP contribution in [-0.2, 0) is 17.8 Å². The first-order valence-corrected chi connectivity index (χ1v) is 9.53. The van der Waals surface area contributed by atoms with Gasteiger partial charge in [-0.3, -0.25) is 9.69 Å². The van der Waals surface area contributed by atoms with E-state index in [1.165, 1.54) is 5.56 Å². The summed E-state index contributed by atoms with van der Waals surface area (Å²) in [4.78, 5) is 14.7. The highest BCUT2D eigenvalue weighted by Crippen LogP contribution is 2.14. The van der Waals surface area contributed by atoms with Crippen LogP contribution in [0.25, 0.3) is 0 Å². The molecule has 2 aromatic carbocycles. The van der Waals surface area contributed by atoms with Gasteiger partial charge in [0.15, 0.2) is 0 Å². The Kier molecular flexibility index (Phi) is 6.85. The second-order valence-corrected chi connectivity index (χ2v) is 7.08. The van der Waals surface area contributed by atoms with Gasteiger partial charge in [0.1, 0.15) is 5.75 Å². The Hall–Kier alpha value is -2.37. The Labute approximate surface area is 161 Å². The minimum absolute atomic E-state index is 0.0598. The van der Waals surface area contributed by atoms with Crippen LogP contribution in [0.1, 0.15) is 35.3 Å². The zero-order valence-corrected chi connectivity index (χ0v) is 16.1. The van der Waals surface area contributed by atoms with Gasteiger partial charge in [0.25, 0.3) is 5.91 Å². The fourth-order valence-electron chi connectivity index (χ4n) is 3.02. The predicted octanol–water partition coefficient (Wildman–Crippen LogP) is 3.24. The molecule has 1 fully saturated rings. The Morgan fingerprint density at radius 2 is 1.67 bits per heavy atom. The number of ether oxygens (including phenoxy) is 2. The van der Waals surface area contributed by atoms with Gasteiger partial charge in [-0.2, -0.15) is 0 Å². The van der Waals surface area contributed by atoms with Crippen molar-refractivity contribution in [2.75, 3.05) is 26.3 Å². The van der Waals surface area contributed by atoms with Crippen LogP contribution in [0.3, 0.4) is 0 Å². The lowest BCUT2D eigenvalue weighted by Gasteiger charge is -2.26. The predicted molar refractivity (Wildman–Crippen MR) is 106 cm³/mol. The summed E-state index contributed by atoms with van der Waals surface area (Å²) >= 11 is 0. The summed E-state index contributed by atoms with van der Waals surface area (Å²) in [6.07, 6.45) is 0.154. The largest absolute Gasteiger partial charge is 0.491 e. The third-order valence-electron chi connectivity index (χ3n) is 4.47. The Bertz CT molecular complexity index is 720. The van der Waals surface area contributed by atoms with Gasteiger partial charge in [-0.15, -0.1) is 0 Å². The number of hydrogen-bond acceptors (Lipinski definition) is 4. The van der Waals surface area contributed by atoms with E-state index >= 15 is 0 Å². The summed E-state index contributed by atoms with van der Waals surface area (Å²) in [5, 5.41) is 2.97. The number of nitrogens with one attached hydrogen (secondary N) is 1. The molecule has 1 amide bonds. The van der Waals surface area contributed by atoms with Crippen molar-refractivity contribution in [3.8, 4) is 5.75 Å². The van der Waals surface area contributed by atoms with Crippen LogP contribution in [0, 0.1) is 0 Å². The molecule has 1 heterocycles. The molecule has 0 aromatic heterocycles. The second-order valence-electron chi connectivity index (χ2n) is 7.08. The lowest BCUT2D eigenvalue weighted by molar-refractivity contribution is 0.0342. The molecule has 5 nitrogen and oxygen atoms in total. The molecule has 1 aliphatic rings.